The van der Waals surface area contributed by atoms with Crippen molar-refractivity contribution in [1.29, 1.82) is 0 Å². The zero-order valence-electron chi connectivity index (χ0n) is 15.7. The highest BCUT2D eigenvalue weighted by atomic mass is 79.9. The van der Waals surface area contributed by atoms with Crippen molar-refractivity contribution in [3.05, 3.63) is 45.7 Å². The molecule has 0 N–H and O–H groups in total. The normalized spacial score (nSPS) is 21.5. The summed E-state index contributed by atoms with van der Waals surface area (Å²) >= 11 is 4.55. The Hall–Kier alpha value is -1.22. The molecule has 1 amide bonds. The summed E-state index contributed by atoms with van der Waals surface area (Å²) in [6, 6.07) is 11.7. The maximum absolute atomic E-state index is 13.3. The van der Waals surface area contributed by atoms with Crippen LogP contribution < -0.4 is 4.90 Å². The Morgan fingerprint density at radius 1 is 1.11 bits per heavy atom. The van der Waals surface area contributed by atoms with Gasteiger partial charge >= 0.3 is 0 Å². The minimum atomic E-state index is -3.48. The fraction of sp³-hybridized carbons (Fsp3) is 0.450. The number of carbonyl (C=O) groups is 1. The summed E-state index contributed by atoms with van der Waals surface area (Å²) in [4.78, 5) is 15.3. The molecule has 1 aromatic heterocycles. The van der Waals surface area contributed by atoms with Crippen molar-refractivity contribution >= 4 is 48.9 Å². The number of carbonyl (C=O) groups excluding carboxylic acids is 1. The number of thiophene rings is 1. The van der Waals surface area contributed by atoms with E-state index in [-0.39, 0.29) is 17.9 Å². The van der Waals surface area contributed by atoms with Gasteiger partial charge < -0.3 is 4.90 Å². The molecule has 2 aliphatic rings. The van der Waals surface area contributed by atoms with E-state index in [0.29, 0.717) is 30.1 Å². The summed E-state index contributed by atoms with van der Waals surface area (Å²) < 4.78 is 28.3. The third-order valence-corrected chi connectivity index (χ3v) is 9.70. The summed E-state index contributed by atoms with van der Waals surface area (Å²) in [6.45, 7) is 2.87. The second-order valence-electron chi connectivity index (χ2n) is 7.46. The van der Waals surface area contributed by atoms with Crippen molar-refractivity contribution in [3.8, 4) is 0 Å². The summed E-state index contributed by atoms with van der Waals surface area (Å²) in [5.41, 5.74) is 2.24. The van der Waals surface area contributed by atoms with Gasteiger partial charge in [-0.3, -0.25) is 4.79 Å². The number of para-hydroxylation sites is 1. The van der Waals surface area contributed by atoms with E-state index in [1.165, 1.54) is 21.2 Å². The summed E-state index contributed by atoms with van der Waals surface area (Å²) in [6.07, 6.45) is 3.09. The molecule has 0 radical (unpaired) electrons. The van der Waals surface area contributed by atoms with Gasteiger partial charge in [-0.05, 0) is 72.3 Å². The Labute approximate surface area is 178 Å². The van der Waals surface area contributed by atoms with E-state index < -0.39 is 10.0 Å². The lowest BCUT2D eigenvalue weighted by Gasteiger charge is -2.39. The van der Waals surface area contributed by atoms with Crippen LogP contribution >= 0.6 is 27.3 Å². The predicted octanol–water partition coefficient (Wildman–Crippen LogP) is 4.28. The zero-order chi connectivity index (χ0) is 19.9. The SMILES string of the molecule is CC1CCc2ccccc2N1C(=O)C1CCN(S(=O)(=O)c2ccc(Br)s2)CC1. The molecule has 150 valence electrons. The molecule has 0 saturated carbocycles. The van der Waals surface area contributed by atoms with Crippen LogP contribution in [0.2, 0.25) is 0 Å². The highest BCUT2D eigenvalue weighted by Gasteiger charge is 2.37. The summed E-state index contributed by atoms with van der Waals surface area (Å²) in [5, 5.41) is 0. The quantitative estimate of drug-likeness (QED) is 0.655. The van der Waals surface area contributed by atoms with Crippen LogP contribution in [0.3, 0.4) is 0 Å². The van der Waals surface area contributed by atoms with Crippen LogP contribution in [0.15, 0.2) is 44.4 Å². The number of benzene rings is 1. The molecule has 0 spiro atoms. The van der Waals surface area contributed by atoms with Crippen LogP contribution in [0, 0.1) is 5.92 Å². The van der Waals surface area contributed by atoms with Crippen LogP contribution in [0.25, 0.3) is 0 Å². The average molecular weight is 483 g/mol. The molecule has 28 heavy (non-hydrogen) atoms. The molecule has 1 unspecified atom stereocenters. The molecule has 1 saturated heterocycles. The number of aryl methyl sites for hydroxylation is 1. The first-order valence-electron chi connectivity index (χ1n) is 9.54. The van der Waals surface area contributed by atoms with E-state index in [9.17, 15) is 13.2 Å². The highest BCUT2D eigenvalue weighted by molar-refractivity contribution is 9.11. The van der Waals surface area contributed by atoms with Crippen molar-refractivity contribution in [2.75, 3.05) is 18.0 Å². The van der Waals surface area contributed by atoms with Crippen LogP contribution in [0.5, 0.6) is 0 Å². The number of anilines is 1. The third-order valence-electron chi connectivity index (χ3n) is 5.71. The monoisotopic (exact) mass is 482 g/mol. The largest absolute Gasteiger partial charge is 0.309 e. The molecule has 1 fully saturated rings. The molecular formula is C20H23BrN2O3S2. The zero-order valence-corrected chi connectivity index (χ0v) is 18.9. The standard InChI is InChI=1S/C20H23BrN2O3S2/c1-14-6-7-15-4-2-3-5-17(15)23(14)20(24)16-10-12-22(13-11-16)28(25,26)19-9-8-18(21)27-19/h2-5,8-9,14,16H,6-7,10-13H2,1H3. The number of piperidine rings is 1. The Kier molecular flexibility index (Phi) is 5.66. The minimum absolute atomic E-state index is 0.130. The number of hydrogen-bond acceptors (Lipinski definition) is 4. The highest BCUT2D eigenvalue weighted by Crippen LogP contribution is 2.35. The van der Waals surface area contributed by atoms with E-state index in [1.54, 1.807) is 12.1 Å². The van der Waals surface area contributed by atoms with E-state index in [4.69, 9.17) is 0 Å². The Morgan fingerprint density at radius 3 is 2.50 bits per heavy atom. The van der Waals surface area contributed by atoms with Crippen molar-refractivity contribution in [2.45, 2.75) is 42.9 Å². The topological polar surface area (TPSA) is 57.7 Å². The van der Waals surface area contributed by atoms with Crippen LogP contribution in [0.4, 0.5) is 5.69 Å². The van der Waals surface area contributed by atoms with E-state index in [2.05, 4.69) is 28.9 Å². The lowest BCUT2D eigenvalue weighted by atomic mass is 9.91. The van der Waals surface area contributed by atoms with Gasteiger partial charge in [-0.1, -0.05) is 18.2 Å². The van der Waals surface area contributed by atoms with Crippen molar-refractivity contribution in [3.63, 3.8) is 0 Å². The maximum atomic E-state index is 13.3. The fourth-order valence-corrected chi connectivity index (χ4v) is 7.76. The number of rotatable bonds is 3. The minimum Gasteiger partial charge on any atom is -0.309 e. The molecule has 2 aliphatic heterocycles. The molecule has 0 aliphatic carbocycles. The van der Waals surface area contributed by atoms with Gasteiger partial charge in [0.05, 0.1) is 3.79 Å². The first kappa shape index (κ1) is 20.1. The van der Waals surface area contributed by atoms with Gasteiger partial charge in [-0.2, -0.15) is 4.31 Å². The summed E-state index contributed by atoms with van der Waals surface area (Å²) in [5.74, 6) is 0.00527. The van der Waals surface area contributed by atoms with Gasteiger partial charge in [-0.15, -0.1) is 11.3 Å². The van der Waals surface area contributed by atoms with E-state index in [1.807, 2.05) is 23.1 Å². The second-order valence-corrected chi connectivity index (χ2v) is 12.1. The number of nitrogens with zero attached hydrogens (tertiary/aromatic N) is 2. The Bertz CT molecular complexity index is 981. The Morgan fingerprint density at radius 2 is 1.82 bits per heavy atom. The van der Waals surface area contributed by atoms with E-state index in [0.717, 1.165) is 22.3 Å². The number of hydrogen-bond donors (Lipinski definition) is 0. The van der Waals surface area contributed by atoms with Gasteiger partial charge in [0, 0.05) is 30.7 Å². The predicted molar refractivity (Wildman–Crippen MR) is 115 cm³/mol. The Balaban J connectivity index is 1.48. The molecule has 2 aromatic rings. The van der Waals surface area contributed by atoms with Gasteiger partial charge in [0.2, 0.25) is 5.91 Å². The third kappa shape index (κ3) is 3.67. The lowest BCUT2D eigenvalue weighted by Crippen LogP contribution is -2.48. The smallest absolute Gasteiger partial charge is 0.252 e. The number of amides is 1. The van der Waals surface area contributed by atoms with Crippen molar-refractivity contribution < 1.29 is 13.2 Å². The van der Waals surface area contributed by atoms with Crippen molar-refractivity contribution in [2.24, 2.45) is 5.92 Å². The number of fused-ring (bicyclic) bond motifs is 1. The van der Waals surface area contributed by atoms with Gasteiger partial charge in [0.25, 0.3) is 10.0 Å². The first-order valence-corrected chi connectivity index (χ1v) is 12.6. The molecule has 0 bridgehead atoms. The van der Waals surface area contributed by atoms with Crippen LogP contribution in [-0.2, 0) is 21.2 Å². The maximum Gasteiger partial charge on any atom is 0.252 e. The molecule has 1 aromatic carbocycles. The summed E-state index contributed by atoms with van der Waals surface area (Å²) in [7, 11) is -3.48. The average Bonchev–Trinajstić information content (AvgIpc) is 3.15. The molecular weight excluding hydrogens is 460 g/mol. The van der Waals surface area contributed by atoms with Gasteiger partial charge in [-0.25, -0.2) is 8.42 Å². The molecule has 5 nitrogen and oxygen atoms in total. The number of halogens is 1. The van der Waals surface area contributed by atoms with Gasteiger partial charge in [0.15, 0.2) is 0 Å². The lowest BCUT2D eigenvalue weighted by molar-refractivity contribution is -0.124. The first-order chi connectivity index (χ1) is 13.4. The number of sulfonamides is 1. The van der Waals surface area contributed by atoms with Crippen molar-refractivity contribution in [1.82, 2.24) is 4.31 Å². The molecule has 4 rings (SSSR count). The van der Waals surface area contributed by atoms with Crippen LogP contribution in [-0.4, -0.2) is 37.8 Å². The molecule has 8 heteroatoms. The fourth-order valence-electron chi connectivity index (χ4n) is 4.13. The van der Waals surface area contributed by atoms with Gasteiger partial charge in [0.1, 0.15) is 4.21 Å². The van der Waals surface area contributed by atoms with E-state index >= 15 is 0 Å². The molecule has 1 atom stereocenters. The molecule has 3 heterocycles. The van der Waals surface area contributed by atoms with Crippen LogP contribution in [0.1, 0.15) is 31.7 Å². The second kappa shape index (κ2) is 7.89.